The highest BCUT2D eigenvalue weighted by Gasteiger charge is 2.32. The van der Waals surface area contributed by atoms with Gasteiger partial charge in [-0.3, -0.25) is 9.78 Å². The van der Waals surface area contributed by atoms with Gasteiger partial charge in [-0.1, -0.05) is 19.3 Å². The van der Waals surface area contributed by atoms with E-state index in [0.29, 0.717) is 5.69 Å². The molecule has 0 bridgehead atoms. The summed E-state index contributed by atoms with van der Waals surface area (Å²) in [6.07, 6.45) is 11.8. The molecule has 2 aliphatic rings. The van der Waals surface area contributed by atoms with Gasteiger partial charge in [0.15, 0.2) is 0 Å². The molecule has 3 rings (SSSR count). The number of carbonyl (C=O) groups is 1. The van der Waals surface area contributed by atoms with E-state index >= 15 is 0 Å². The minimum atomic E-state index is -0.492. The zero-order valence-corrected chi connectivity index (χ0v) is 13.6. The van der Waals surface area contributed by atoms with Crippen molar-refractivity contribution in [2.75, 3.05) is 19.6 Å². The van der Waals surface area contributed by atoms with Crippen molar-refractivity contribution in [1.29, 1.82) is 0 Å². The van der Waals surface area contributed by atoms with Crippen LogP contribution < -0.4 is 5.32 Å². The Labute approximate surface area is 137 Å². The number of aliphatic hydroxyl groups is 1. The number of carbonyl (C=O) groups excluding carboxylic acids is 1. The Morgan fingerprint density at radius 1 is 1.26 bits per heavy atom. The Kier molecular flexibility index (Phi) is 5.23. The van der Waals surface area contributed by atoms with Gasteiger partial charge < -0.3 is 15.3 Å². The topological polar surface area (TPSA) is 78.4 Å². The van der Waals surface area contributed by atoms with Gasteiger partial charge in [0.25, 0.3) is 5.91 Å². The lowest BCUT2D eigenvalue weighted by atomic mass is 9.84. The molecule has 1 aromatic heterocycles. The third-order valence-corrected chi connectivity index (χ3v) is 5.02. The summed E-state index contributed by atoms with van der Waals surface area (Å²) in [6.45, 7) is 2.62. The van der Waals surface area contributed by atoms with Crippen molar-refractivity contribution in [3.63, 3.8) is 0 Å². The Bertz CT molecular complexity index is 509. The molecule has 2 heterocycles. The number of aromatic nitrogens is 2. The summed E-state index contributed by atoms with van der Waals surface area (Å²) in [5.41, 5.74) is -0.125. The fraction of sp³-hybridized carbons (Fsp3) is 0.706. The minimum absolute atomic E-state index is 0.151. The molecule has 1 saturated carbocycles. The van der Waals surface area contributed by atoms with Crippen molar-refractivity contribution >= 4 is 5.91 Å². The molecule has 2 fully saturated rings. The van der Waals surface area contributed by atoms with E-state index < -0.39 is 5.60 Å². The average molecular weight is 318 g/mol. The SMILES string of the molecule is O=C(NC1CCN(CC2(O)CCCCC2)CC1)c1cnccn1. The summed E-state index contributed by atoms with van der Waals surface area (Å²) in [5.74, 6) is -0.151. The average Bonchev–Trinajstić information content (AvgIpc) is 2.58. The standard InChI is InChI=1S/C17H26N4O2/c22-16(15-12-18-8-9-19-15)20-14-4-10-21(11-5-14)13-17(23)6-2-1-3-7-17/h8-9,12,14,23H,1-7,10-11,13H2,(H,20,22). The zero-order chi connectivity index (χ0) is 16.1. The first-order chi connectivity index (χ1) is 11.1. The quantitative estimate of drug-likeness (QED) is 0.876. The maximum absolute atomic E-state index is 12.1. The summed E-state index contributed by atoms with van der Waals surface area (Å²) < 4.78 is 0. The summed E-state index contributed by atoms with van der Waals surface area (Å²) in [7, 11) is 0. The van der Waals surface area contributed by atoms with Gasteiger partial charge in [-0.05, 0) is 25.7 Å². The highest BCUT2D eigenvalue weighted by molar-refractivity contribution is 5.92. The Balaban J connectivity index is 1.44. The summed E-state index contributed by atoms with van der Waals surface area (Å²) >= 11 is 0. The normalized spacial score (nSPS) is 22.7. The molecular formula is C17H26N4O2. The van der Waals surface area contributed by atoms with E-state index in [4.69, 9.17) is 0 Å². The van der Waals surface area contributed by atoms with E-state index in [1.807, 2.05) is 0 Å². The number of nitrogens with one attached hydrogen (secondary N) is 1. The van der Waals surface area contributed by atoms with Gasteiger partial charge in [0, 0.05) is 38.1 Å². The largest absolute Gasteiger partial charge is 0.389 e. The number of rotatable bonds is 4. The molecule has 1 aromatic rings. The number of hydrogen-bond acceptors (Lipinski definition) is 5. The van der Waals surface area contributed by atoms with Gasteiger partial charge in [0.2, 0.25) is 0 Å². The number of β-amino-alcohol motifs (C(OH)–C–C–N with tert-alkyl or cyclic N) is 1. The second kappa shape index (κ2) is 7.36. The number of likely N-dealkylation sites (tertiary alicyclic amines) is 1. The molecule has 6 heteroatoms. The first-order valence-corrected chi connectivity index (χ1v) is 8.66. The summed E-state index contributed by atoms with van der Waals surface area (Å²) in [5, 5.41) is 13.7. The molecule has 126 valence electrons. The second-order valence-corrected chi connectivity index (χ2v) is 6.90. The van der Waals surface area contributed by atoms with Crippen molar-refractivity contribution in [2.45, 2.75) is 56.6 Å². The van der Waals surface area contributed by atoms with Gasteiger partial charge in [-0.2, -0.15) is 0 Å². The third-order valence-electron chi connectivity index (χ3n) is 5.02. The van der Waals surface area contributed by atoms with Crippen LogP contribution in [0.15, 0.2) is 18.6 Å². The van der Waals surface area contributed by atoms with Crippen LogP contribution in [0.25, 0.3) is 0 Å². The maximum atomic E-state index is 12.1. The van der Waals surface area contributed by atoms with Crippen LogP contribution in [-0.2, 0) is 0 Å². The van der Waals surface area contributed by atoms with E-state index in [0.717, 1.165) is 58.2 Å². The molecule has 0 radical (unpaired) electrons. The molecule has 1 aliphatic carbocycles. The van der Waals surface area contributed by atoms with Crippen LogP contribution in [0.4, 0.5) is 0 Å². The molecule has 0 atom stereocenters. The summed E-state index contributed by atoms with van der Waals surface area (Å²) in [6, 6.07) is 0.182. The number of amides is 1. The van der Waals surface area contributed by atoms with Gasteiger partial charge in [0.1, 0.15) is 5.69 Å². The third kappa shape index (κ3) is 4.48. The van der Waals surface area contributed by atoms with E-state index in [-0.39, 0.29) is 11.9 Å². The van der Waals surface area contributed by atoms with Crippen molar-refractivity contribution < 1.29 is 9.90 Å². The molecule has 1 saturated heterocycles. The highest BCUT2D eigenvalue weighted by Crippen LogP contribution is 2.29. The molecule has 0 aromatic carbocycles. The minimum Gasteiger partial charge on any atom is -0.389 e. The lowest BCUT2D eigenvalue weighted by molar-refractivity contribution is -0.0312. The Morgan fingerprint density at radius 3 is 2.65 bits per heavy atom. The molecule has 0 spiro atoms. The van der Waals surface area contributed by atoms with Crippen molar-refractivity contribution in [3.05, 3.63) is 24.3 Å². The van der Waals surface area contributed by atoms with Crippen molar-refractivity contribution in [2.24, 2.45) is 0 Å². The molecule has 0 unspecified atom stereocenters. The van der Waals surface area contributed by atoms with Crippen LogP contribution >= 0.6 is 0 Å². The van der Waals surface area contributed by atoms with Crippen LogP contribution in [-0.4, -0.2) is 57.2 Å². The van der Waals surface area contributed by atoms with E-state index in [1.54, 1.807) is 6.20 Å². The van der Waals surface area contributed by atoms with Crippen molar-refractivity contribution in [3.8, 4) is 0 Å². The highest BCUT2D eigenvalue weighted by atomic mass is 16.3. The molecule has 1 aliphatic heterocycles. The Morgan fingerprint density at radius 2 is 2.00 bits per heavy atom. The van der Waals surface area contributed by atoms with Crippen LogP contribution in [0.3, 0.4) is 0 Å². The van der Waals surface area contributed by atoms with E-state index in [1.165, 1.54) is 18.8 Å². The van der Waals surface area contributed by atoms with Crippen LogP contribution in [0.5, 0.6) is 0 Å². The van der Waals surface area contributed by atoms with Gasteiger partial charge >= 0.3 is 0 Å². The fourth-order valence-electron chi connectivity index (χ4n) is 3.70. The van der Waals surface area contributed by atoms with Crippen molar-refractivity contribution in [1.82, 2.24) is 20.2 Å². The van der Waals surface area contributed by atoms with Crippen LogP contribution in [0.2, 0.25) is 0 Å². The maximum Gasteiger partial charge on any atom is 0.271 e. The number of hydrogen-bond donors (Lipinski definition) is 2. The first kappa shape index (κ1) is 16.3. The monoisotopic (exact) mass is 318 g/mol. The lowest BCUT2D eigenvalue weighted by Crippen LogP contribution is -2.50. The van der Waals surface area contributed by atoms with Gasteiger partial charge in [-0.25, -0.2) is 4.98 Å². The van der Waals surface area contributed by atoms with Crippen LogP contribution in [0, 0.1) is 0 Å². The molecule has 23 heavy (non-hydrogen) atoms. The summed E-state index contributed by atoms with van der Waals surface area (Å²) in [4.78, 5) is 22.4. The number of piperidine rings is 1. The smallest absolute Gasteiger partial charge is 0.271 e. The van der Waals surface area contributed by atoms with E-state index in [9.17, 15) is 9.90 Å². The van der Waals surface area contributed by atoms with E-state index in [2.05, 4.69) is 20.2 Å². The molecular weight excluding hydrogens is 292 g/mol. The number of nitrogens with zero attached hydrogens (tertiary/aromatic N) is 3. The predicted octanol–water partition coefficient (Wildman–Crippen LogP) is 1.37. The van der Waals surface area contributed by atoms with Gasteiger partial charge in [-0.15, -0.1) is 0 Å². The second-order valence-electron chi connectivity index (χ2n) is 6.90. The molecule has 1 amide bonds. The lowest BCUT2D eigenvalue weighted by Gasteiger charge is -2.40. The Hall–Kier alpha value is -1.53. The molecule has 2 N–H and O–H groups in total. The van der Waals surface area contributed by atoms with Crippen LogP contribution in [0.1, 0.15) is 55.4 Å². The predicted molar refractivity (Wildman–Crippen MR) is 87.0 cm³/mol. The first-order valence-electron chi connectivity index (χ1n) is 8.66. The fourth-order valence-corrected chi connectivity index (χ4v) is 3.70. The zero-order valence-electron chi connectivity index (χ0n) is 13.6. The molecule has 6 nitrogen and oxygen atoms in total. The van der Waals surface area contributed by atoms with Gasteiger partial charge in [0.05, 0.1) is 11.8 Å².